The maximum Gasteiger partial charge on any atom is 0.276 e. The third kappa shape index (κ3) is 4.99. The molecule has 4 rings (SSSR count). The predicted molar refractivity (Wildman–Crippen MR) is 116 cm³/mol. The molecule has 2 heterocycles. The predicted octanol–water partition coefficient (Wildman–Crippen LogP) is 3.71. The lowest BCUT2D eigenvalue weighted by Gasteiger charge is -2.27. The van der Waals surface area contributed by atoms with E-state index in [1.54, 1.807) is 42.5 Å². The number of halogens is 1. The first-order chi connectivity index (χ1) is 15.3. The second-order valence-electron chi connectivity index (χ2n) is 7.65. The van der Waals surface area contributed by atoms with Gasteiger partial charge in [-0.3, -0.25) is 4.79 Å². The van der Waals surface area contributed by atoms with Gasteiger partial charge in [0.25, 0.3) is 5.91 Å². The summed E-state index contributed by atoms with van der Waals surface area (Å²) in [6.07, 6.45) is 0.346. The topological polar surface area (TPSA) is 89.7 Å². The van der Waals surface area contributed by atoms with E-state index in [1.807, 2.05) is 6.92 Å². The number of hydrogen-bond acceptors (Lipinski definition) is 6. The summed E-state index contributed by atoms with van der Waals surface area (Å²) in [5.41, 5.74) is 1.51. The first-order valence-electron chi connectivity index (χ1n) is 10.3. The fraction of sp³-hybridized carbons (Fsp3) is 0.304. The van der Waals surface area contributed by atoms with Crippen LogP contribution in [0.15, 0.2) is 59.1 Å². The highest BCUT2D eigenvalue weighted by atomic mass is 32.2. The Morgan fingerprint density at radius 1 is 1.19 bits per heavy atom. The van der Waals surface area contributed by atoms with Crippen LogP contribution in [-0.4, -0.2) is 48.5 Å². The van der Waals surface area contributed by atoms with Gasteiger partial charge < -0.3 is 14.2 Å². The Bertz CT molecular complexity index is 1190. The van der Waals surface area contributed by atoms with Crippen molar-refractivity contribution in [3.05, 3.63) is 71.7 Å². The van der Waals surface area contributed by atoms with Crippen LogP contribution in [-0.2, 0) is 16.4 Å². The molecule has 1 aliphatic rings. The molecule has 1 saturated heterocycles. The molecule has 7 nitrogen and oxygen atoms in total. The molecule has 0 saturated carbocycles. The van der Waals surface area contributed by atoms with E-state index in [1.165, 1.54) is 17.0 Å². The number of ether oxygens (including phenoxy) is 1. The summed E-state index contributed by atoms with van der Waals surface area (Å²) in [6.45, 7) is 2.60. The van der Waals surface area contributed by atoms with E-state index in [0.717, 1.165) is 11.3 Å². The Morgan fingerprint density at radius 2 is 1.91 bits per heavy atom. The van der Waals surface area contributed by atoms with Crippen LogP contribution in [0.3, 0.4) is 0 Å². The maximum absolute atomic E-state index is 13.3. The van der Waals surface area contributed by atoms with Crippen molar-refractivity contribution in [1.29, 1.82) is 0 Å². The first kappa shape index (κ1) is 22.0. The van der Waals surface area contributed by atoms with Crippen LogP contribution >= 0.6 is 0 Å². The summed E-state index contributed by atoms with van der Waals surface area (Å²) in [5, 5.41) is 3.93. The lowest BCUT2D eigenvalue weighted by Crippen LogP contribution is -2.40. The number of sulfone groups is 1. The molecule has 0 unspecified atom stereocenters. The number of rotatable bonds is 7. The van der Waals surface area contributed by atoms with Crippen LogP contribution in [0.1, 0.15) is 29.4 Å². The molecular formula is C23H23FN2O5S. The number of benzene rings is 2. The van der Waals surface area contributed by atoms with Crippen molar-refractivity contribution in [1.82, 2.24) is 10.1 Å². The van der Waals surface area contributed by atoms with E-state index >= 15 is 0 Å². The van der Waals surface area contributed by atoms with Crippen LogP contribution < -0.4 is 4.74 Å². The molecule has 2 aromatic carbocycles. The molecule has 1 atom stereocenters. The zero-order chi connectivity index (χ0) is 22.7. The van der Waals surface area contributed by atoms with Gasteiger partial charge in [-0.05, 0) is 55.3 Å². The molecule has 32 heavy (non-hydrogen) atoms. The lowest BCUT2D eigenvalue weighted by molar-refractivity contribution is 0.0670. The van der Waals surface area contributed by atoms with Gasteiger partial charge in [-0.1, -0.05) is 17.3 Å². The molecule has 0 radical (unpaired) electrons. The van der Waals surface area contributed by atoms with E-state index in [4.69, 9.17) is 9.26 Å². The summed E-state index contributed by atoms with van der Waals surface area (Å²) in [7, 11) is -3.21. The Labute approximate surface area is 185 Å². The molecule has 168 valence electrons. The zero-order valence-corrected chi connectivity index (χ0v) is 18.3. The molecule has 3 aromatic rings. The summed E-state index contributed by atoms with van der Waals surface area (Å²) < 4.78 is 48.2. The number of carbonyl (C=O) groups is 1. The molecule has 1 aromatic heterocycles. The fourth-order valence-corrected chi connectivity index (χ4v) is 5.45. The minimum atomic E-state index is -3.21. The van der Waals surface area contributed by atoms with Crippen LogP contribution in [0.25, 0.3) is 11.3 Å². The molecular weight excluding hydrogens is 435 g/mol. The first-order valence-corrected chi connectivity index (χ1v) is 12.1. The molecule has 1 amide bonds. The monoisotopic (exact) mass is 458 g/mol. The number of hydrogen-bond donors (Lipinski definition) is 0. The van der Waals surface area contributed by atoms with Crippen LogP contribution in [0, 0.1) is 5.82 Å². The zero-order valence-electron chi connectivity index (χ0n) is 17.5. The summed E-state index contributed by atoms with van der Waals surface area (Å²) in [5.74, 6) is 0.242. The highest BCUT2D eigenvalue weighted by Gasteiger charge is 2.36. The van der Waals surface area contributed by atoms with E-state index < -0.39 is 21.8 Å². The van der Waals surface area contributed by atoms with Gasteiger partial charge in [0.15, 0.2) is 21.3 Å². The SMILES string of the molecule is CCOc1ccc(-c2cc(C(=O)N(Cc3ccc(F)cc3)[C@@H]3CCS(=O)(=O)C3)no2)cc1. The summed E-state index contributed by atoms with van der Waals surface area (Å²) in [4.78, 5) is 14.8. The molecule has 0 spiro atoms. The summed E-state index contributed by atoms with van der Waals surface area (Å²) in [6, 6.07) is 14.0. The molecule has 0 N–H and O–H groups in total. The van der Waals surface area contributed by atoms with Gasteiger partial charge in [0.2, 0.25) is 0 Å². The van der Waals surface area contributed by atoms with Crippen LogP contribution in [0.4, 0.5) is 4.39 Å². The van der Waals surface area contributed by atoms with E-state index in [2.05, 4.69) is 5.16 Å². The number of amides is 1. The smallest absolute Gasteiger partial charge is 0.276 e. The van der Waals surface area contributed by atoms with Gasteiger partial charge in [0.05, 0.1) is 18.1 Å². The normalized spacial score (nSPS) is 17.2. The third-order valence-electron chi connectivity index (χ3n) is 5.36. The van der Waals surface area contributed by atoms with E-state index in [-0.39, 0.29) is 29.6 Å². The van der Waals surface area contributed by atoms with Gasteiger partial charge in [-0.25, -0.2) is 12.8 Å². The molecule has 0 aliphatic carbocycles. The number of carbonyl (C=O) groups excluding carboxylic acids is 1. The van der Waals surface area contributed by atoms with Crippen molar-refractivity contribution in [2.75, 3.05) is 18.1 Å². The van der Waals surface area contributed by atoms with Gasteiger partial charge in [0, 0.05) is 24.2 Å². The molecule has 0 bridgehead atoms. The summed E-state index contributed by atoms with van der Waals surface area (Å²) >= 11 is 0. The van der Waals surface area contributed by atoms with Gasteiger partial charge >= 0.3 is 0 Å². The Balaban J connectivity index is 1.58. The molecule has 1 aliphatic heterocycles. The third-order valence-corrected chi connectivity index (χ3v) is 7.11. The van der Waals surface area contributed by atoms with Crippen molar-refractivity contribution >= 4 is 15.7 Å². The Kier molecular flexibility index (Phi) is 6.27. The highest BCUT2D eigenvalue weighted by molar-refractivity contribution is 7.91. The number of nitrogens with zero attached hydrogens (tertiary/aromatic N) is 2. The van der Waals surface area contributed by atoms with Crippen LogP contribution in [0.5, 0.6) is 5.75 Å². The number of aromatic nitrogens is 1. The molecule has 9 heteroatoms. The minimum absolute atomic E-state index is 0.0289. The average molecular weight is 459 g/mol. The largest absolute Gasteiger partial charge is 0.494 e. The second kappa shape index (κ2) is 9.12. The molecule has 1 fully saturated rings. The van der Waals surface area contributed by atoms with Crippen LogP contribution in [0.2, 0.25) is 0 Å². The second-order valence-corrected chi connectivity index (χ2v) is 9.88. The quantitative estimate of drug-likeness (QED) is 0.536. The fourth-order valence-electron chi connectivity index (χ4n) is 3.72. The maximum atomic E-state index is 13.3. The van der Waals surface area contributed by atoms with Crippen molar-refractivity contribution in [3.63, 3.8) is 0 Å². The van der Waals surface area contributed by atoms with Crippen molar-refractivity contribution in [2.45, 2.75) is 25.9 Å². The van der Waals surface area contributed by atoms with Crippen molar-refractivity contribution in [2.24, 2.45) is 0 Å². The highest BCUT2D eigenvalue weighted by Crippen LogP contribution is 2.26. The van der Waals surface area contributed by atoms with Crippen molar-refractivity contribution < 1.29 is 26.9 Å². The van der Waals surface area contributed by atoms with Gasteiger partial charge in [-0.2, -0.15) is 0 Å². The van der Waals surface area contributed by atoms with E-state index in [9.17, 15) is 17.6 Å². The van der Waals surface area contributed by atoms with E-state index in [0.29, 0.717) is 24.4 Å². The Morgan fingerprint density at radius 3 is 2.53 bits per heavy atom. The van der Waals surface area contributed by atoms with Gasteiger partial charge in [0.1, 0.15) is 11.6 Å². The standard InChI is InChI=1S/C23H23FN2O5S/c1-2-30-20-9-5-17(6-10-20)22-13-21(25-31-22)23(27)26(19-11-12-32(28,29)15-19)14-16-3-7-18(24)8-4-16/h3-10,13,19H,2,11-12,14-15H2,1H3/t19-/m1/s1. The van der Waals surface area contributed by atoms with Crippen molar-refractivity contribution in [3.8, 4) is 17.1 Å². The van der Waals surface area contributed by atoms with Gasteiger partial charge in [-0.15, -0.1) is 0 Å². The average Bonchev–Trinajstić information content (AvgIpc) is 3.40. The minimum Gasteiger partial charge on any atom is -0.494 e. The Hall–Kier alpha value is -3.20. The lowest BCUT2D eigenvalue weighted by atomic mass is 10.1.